The molecule has 0 spiro atoms. The number of aromatic nitrogens is 2. The van der Waals surface area contributed by atoms with E-state index in [0.717, 1.165) is 22.1 Å². The van der Waals surface area contributed by atoms with Crippen LogP contribution >= 0.6 is 0 Å². The molecule has 1 fully saturated rings. The molecule has 0 bridgehead atoms. The predicted octanol–water partition coefficient (Wildman–Crippen LogP) is 2.58. The molecular weight excluding hydrogens is 322 g/mol. The first-order valence-electron chi connectivity index (χ1n) is 8.25. The molecule has 130 valence electrons. The molecule has 7 nitrogen and oxygen atoms in total. The van der Waals surface area contributed by atoms with Crippen molar-refractivity contribution in [3.8, 4) is 0 Å². The number of nitrogens with zero attached hydrogens (tertiary/aromatic N) is 3. The molecule has 4 rings (SSSR count). The third-order valence-corrected chi connectivity index (χ3v) is 4.77. The number of furan rings is 1. The average Bonchev–Trinajstić information content (AvgIpc) is 3.29. The summed E-state index contributed by atoms with van der Waals surface area (Å²) >= 11 is 0. The summed E-state index contributed by atoms with van der Waals surface area (Å²) in [6, 6.07) is 4.08. The van der Waals surface area contributed by atoms with E-state index >= 15 is 0 Å². The number of carbonyl (C=O) groups excluding carboxylic acids is 1. The van der Waals surface area contributed by atoms with Gasteiger partial charge in [0.25, 0.3) is 0 Å². The number of hydrogen-bond donors (Lipinski definition) is 0. The molecule has 3 aromatic rings. The van der Waals surface area contributed by atoms with Crippen molar-refractivity contribution in [1.29, 1.82) is 0 Å². The average molecular weight is 341 g/mol. The third kappa shape index (κ3) is 2.91. The maximum Gasteiger partial charge on any atom is 0.227 e. The van der Waals surface area contributed by atoms with Crippen molar-refractivity contribution in [2.45, 2.75) is 26.4 Å². The Labute approximate surface area is 144 Å². The van der Waals surface area contributed by atoms with Crippen LogP contribution in [0.15, 0.2) is 33.7 Å². The quantitative estimate of drug-likeness (QED) is 0.728. The van der Waals surface area contributed by atoms with Gasteiger partial charge in [-0.15, -0.1) is 0 Å². The van der Waals surface area contributed by atoms with Crippen molar-refractivity contribution in [3.05, 3.63) is 47.3 Å². The third-order valence-electron chi connectivity index (χ3n) is 4.77. The summed E-state index contributed by atoms with van der Waals surface area (Å²) in [6.45, 7) is 5.51. The molecular formula is C18H19N3O4. The smallest absolute Gasteiger partial charge is 0.227 e. The molecule has 0 N–H and O–H groups in total. The lowest BCUT2D eigenvalue weighted by molar-refractivity contribution is -0.138. The highest BCUT2D eigenvalue weighted by Gasteiger charge is 2.28. The van der Waals surface area contributed by atoms with Crippen LogP contribution in [0.3, 0.4) is 0 Å². The van der Waals surface area contributed by atoms with Crippen molar-refractivity contribution < 1.29 is 18.5 Å². The fraction of sp³-hybridized carbons (Fsp3) is 0.389. The molecule has 25 heavy (non-hydrogen) atoms. The number of fused-ring (bicyclic) bond motifs is 1. The molecule has 2 aromatic heterocycles. The zero-order chi connectivity index (χ0) is 17.4. The number of carbonyl (C=O) groups is 1. The van der Waals surface area contributed by atoms with Gasteiger partial charge in [0.05, 0.1) is 25.8 Å². The van der Waals surface area contributed by atoms with Gasteiger partial charge in [-0.05, 0) is 25.0 Å². The lowest BCUT2D eigenvalue weighted by Crippen LogP contribution is -2.43. The van der Waals surface area contributed by atoms with E-state index < -0.39 is 0 Å². The molecule has 0 unspecified atom stereocenters. The Hall–Kier alpha value is -2.67. The molecule has 7 heteroatoms. The van der Waals surface area contributed by atoms with Gasteiger partial charge < -0.3 is 18.6 Å². The van der Waals surface area contributed by atoms with Crippen LogP contribution in [0.4, 0.5) is 0 Å². The molecule has 1 aliphatic rings. The minimum absolute atomic E-state index is 0.0396. The topological polar surface area (TPSA) is 81.6 Å². The second-order valence-corrected chi connectivity index (χ2v) is 6.31. The summed E-state index contributed by atoms with van der Waals surface area (Å²) in [7, 11) is 0. The van der Waals surface area contributed by atoms with Crippen molar-refractivity contribution in [2.75, 3.05) is 19.7 Å². The zero-order valence-corrected chi connectivity index (χ0v) is 14.2. The van der Waals surface area contributed by atoms with Crippen LogP contribution in [-0.4, -0.2) is 40.6 Å². The zero-order valence-electron chi connectivity index (χ0n) is 14.2. The highest BCUT2D eigenvalue weighted by Crippen LogP contribution is 2.27. The Balaban J connectivity index is 1.51. The Bertz CT molecular complexity index is 901. The van der Waals surface area contributed by atoms with Gasteiger partial charge in [-0.2, -0.15) is 4.98 Å². The SMILES string of the molecule is Cc1ccc2c(CC(=O)N3CCO[C@H](c4ncon4)C3)coc2c1C. The van der Waals surface area contributed by atoms with E-state index in [-0.39, 0.29) is 12.0 Å². The van der Waals surface area contributed by atoms with Gasteiger partial charge in [-0.1, -0.05) is 17.3 Å². The lowest BCUT2D eigenvalue weighted by atomic mass is 10.0. The highest BCUT2D eigenvalue weighted by atomic mass is 16.5. The second kappa shape index (κ2) is 6.33. The molecule has 1 amide bonds. The van der Waals surface area contributed by atoms with E-state index in [2.05, 4.69) is 16.2 Å². The van der Waals surface area contributed by atoms with Gasteiger partial charge in [0, 0.05) is 17.5 Å². The Morgan fingerprint density at radius 2 is 2.24 bits per heavy atom. The largest absolute Gasteiger partial charge is 0.464 e. The molecule has 1 atom stereocenters. The first-order valence-corrected chi connectivity index (χ1v) is 8.25. The van der Waals surface area contributed by atoms with Crippen molar-refractivity contribution >= 4 is 16.9 Å². The van der Waals surface area contributed by atoms with Gasteiger partial charge in [0.15, 0.2) is 0 Å². The van der Waals surface area contributed by atoms with Crippen LogP contribution in [0, 0.1) is 13.8 Å². The van der Waals surface area contributed by atoms with Gasteiger partial charge in [-0.25, -0.2) is 0 Å². The summed E-state index contributed by atoms with van der Waals surface area (Å²) in [5.41, 5.74) is 4.05. The lowest BCUT2D eigenvalue weighted by Gasteiger charge is -2.31. The molecule has 0 radical (unpaired) electrons. The minimum atomic E-state index is -0.345. The monoisotopic (exact) mass is 341 g/mol. The molecule has 1 aliphatic heterocycles. The number of rotatable bonds is 3. The van der Waals surface area contributed by atoms with E-state index in [4.69, 9.17) is 13.7 Å². The van der Waals surface area contributed by atoms with E-state index in [1.165, 1.54) is 12.0 Å². The Morgan fingerprint density at radius 3 is 3.04 bits per heavy atom. The van der Waals surface area contributed by atoms with Gasteiger partial charge in [0.2, 0.25) is 18.1 Å². The van der Waals surface area contributed by atoms with Crippen molar-refractivity contribution in [3.63, 3.8) is 0 Å². The van der Waals surface area contributed by atoms with Gasteiger partial charge >= 0.3 is 0 Å². The maximum absolute atomic E-state index is 12.7. The number of ether oxygens (including phenoxy) is 1. The fourth-order valence-electron chi connectivity index (χ4n) is 3.15. The van der Waals surface area contributed by atoms with E-state index in [0.29, 0.717) is 31.9 Å². The Morgan fingerprint density at radius 1 is 1.36 bits per heavy atom. The summed E-state index contributed by atoms with van der Waals surface area (Å²) in [6.07, 6.45) is 2.91. The maximum atomic E-state index is 12.7. The number of benzene rings is 1. The molecule has 1 aromatic carbocycles. The van der Waals surface area contributed by atoms with E-state index in [9.17, 15) is 4.79 Å². The predicted molar refractivity (Wildman–Crippen MR) is 89.0 cm³/mol. The first-order chi connectivity index (χ1) is 12.1. The molecule has 3 heterocycles. The number of hydrogen-bond acceptors (Lipinski definition) is 6. The molecule has 0 aliphatic carbocycles. The summed E-state index contributed by atoms with van der Waals surface area (Å²) < 4.78 is 16.1. The van der Waals surface area contributed by atoms with Crippen molar-refractivity contribution in [2.24, 2.45) is 0 Å². The highest BCUT2D eigenvalue weighted by molar-refractivity contribution is 5.89. The normalized spacial score (nSPS) is 18.0. The second-order valence-electron chi connectivity index (χ2n) is 6.31. The number of morpholine rings is 1. The standard InChI is InChI=1S/C18H19N3O4/c1-11-3-4-14-13(9-24-17(14)12(11)2)7-16(22)21-5-6-23-15(8-21)18-19-10-25-20-18/h3-4,9-10,15H,5-8H2,1-2H3/t15-/m0/s1. The van der Waals surface area contributed by atoms with Crippen LogP contribution in [-0.2, 0) is 16.0 Å². The van der Waals surface area contributed by atoms with Crippen LogP contribution in [0.5, 0.6) is 0 Å². The van der Waals surface area contributed by atoms with Crippen LogP contribution in [0.25, 0.3) is 11.0 Å². The first kappa shape index (κ1) is 15.8. The summed E-state index contributed by atoms with van der Waals surface area (Å²) in [4.78, 5) is 18.5. The van der Waals surface area contributed by atoms with E-state index in [1.54, 1.807) is 11.2 Å². The molecule has 1 saturated heterocycles. The minimum Gasteiger partial charge on any atom is -0.464 e. The summed E-state index contributed by atoms with van der Waals surface area (Å²) in [5.74, 6) is 0.509. The number of amides is 1. The fourth-order valence-corrected chi connectivity index (χ4v) is 3.15. The van der Waals surface area contributed by atoms with Crippen molar-refractivity contribution in [1.82, 2.24) is 15.0 Å². The Kier molecular flexibility index (Phi) is 4.01. The van der Waals surface area contributed by atoms with Gasteiger partial charge in [0.1, 0.15) is 11.7 Å². The van der Waals surface area contributed by atoms with Crippen LogP contribution < -0.4 is 0 Å². The summed E-state index contributed by atoms with van der Waals surface area (Å²) in [5, 5.41) is 4.80. The van der Waals surface area contributed by atoms with Crippen LogP contribution in [0.1, 0.15) is 28.6 Å². The van der Waals surface area contributed by atoms with Gasteiger partial charge in [-0.3, -0.25) is 4.79 Å². The number of aryl methyl sites for hydroxylation is 2. The van der Waals surface area contributed by atoms with E-state index in [1.807, 2.05) is 19.9 Å². The van der Waals surface area contributed by atoms with Crippen LogP contribution in [0.2, 0.25) is 0 Å². The molecule has 0 saturated carbocycles.